The molecule has 1 amide bonds. The second-order valence-corrected chi connectivity index (χ2v) is 7.70. The number of amides is 1. The molecule has 0 atom stereocenters. The van der Waals surface area contributed by atoms with Gasteiger partial charge in [-0.25, -0.2) is 8.42 Å². The van der Waals surface area contributed by atoms with Gasteiger partial charge in [-0.05, 0) is 42.5 Å². The molecule has 148 valence electrons. The number of carbonyl (C=O) groups is 1. The average Bonchev–Trinajstić information content (AvgIpc) is 2.70. The van der Waals surface area contributed by atoms with Gasteiger partial charge in [-0.3, -0.25) is 19.6 Å². The molecule has 10 nitrogen and oxygen atoms in total. The van der Waals surface area contributed by atoms with Gasteiger partial charge in [-0.1, -0.05) is 17.7 Å². The van der Waals surface area contributed by atoms with E-state index in [0.29, 0.717) is 5.69 Å². The Morgan fingerprint density at radius 1 is 1.03 bits per heavy atom. The maximum Gasteiger partial charge on any atom is 0.270 e. The van der Waals surface area contributed by atoms with Crippen LogP contribution in [0.4, 0.5) is 17.2 Å². The molecule has 0 saturated carbocycles. The number of halogens is 1. The van der Waals surface area contributed by atoms with Gasteiger partial charge in [-0.15, -0.1) is 10.2 Å². The third kappa shape index (κ3) is 5.03. The Bertz CT molecular complexity index is 1170. The minimum absolute atomic E-state index is 0.00236. The smallest absolute Gasteiger partial charge is 0.270 e. The van der Waals surface area contributed by atoms with Crippen LogP contribution in [-0.2, 0) is 10.0 Å². The normalized spacial score (nSPS) is 10.9. The van der Waals surface area contributed by atoms with Crippen LogP contribution in [0, 0.1) is 10.1 Å². The van der Waals surface area contributed by atoms with Crippen LogP contribution in [0.5, 0.6) is 0 Å². The monoisotopic (exact) mass is 433 g/mol. The molecule has 1 heterocycles. The lowest BCUT2D eigenvalue weighted by atomic mass is 10.2. The van der Waals surface area contributed by atoms with Gasteiger partial charge in [-0.2, -0.15) is 0 Å². The third-order valence-corrected chi connectivity index (χ3v) is 5.18. The van der Waals surface area contributed by atoms with E-state index in [4.69, 9.17) is 11.6 Å². The van der Waals surface area contributed by atoms with Crippen molar-refractivity contribution in [2.45, 2.75) is 4.90 Å². The van der Waals surface area contributed by atoms with E-state index in [2.05, 4.69) is 20.2 Å². The van der Waals surface area contributed by atoms with Gasteiger partial charge in [0.2, 0.25) is 0 Å². The summed E-state index contributed by atoms with van der Waals surface area (Å²) < 4.78 is 27.0. The van der Waals surface area contributed by atoms with Crippen LogP contribution in [0.1, 0.15) is 10.4 Å². The van der Waals surface area contributed by atoms with Gasteiger partial charge < -0.3 is 5.32 Å². The van der Waals surface area contributed by atoms with Crippen molar-refractivity contribution in [1.29, 1.82) is 0 Å². The lowest BCUT2D eigenvalue weighted by molar-refractivity contribution is -0.384. The molecule has 0 aliphatic rings. The number of carbonyl (C=O) groups excluding carboxylic acids is 1. The first-order valence-electron chi connectivity index (χ1n) is 7.92. The Labute approximate surface area is 169 Å². The molecule has 0 fully saturated rings. The maximum absolute atomic E-state index is 12.4. The summed E-state index contributed by atoms with van der Waals surface area (Å²) in [6.07, 6.45) is 0. The predicted molar refractivity (Wildman–Crippen MR) is 105 cm³/mol. The highest BCUT2D eigenvalue weighted by atomic mass is 35.5. The molecule has 3 aromatic rings. The van der Waals surface area contributed by atoms with E-state index in [9.17, 15) is 23.3 Å². The van der Waals surface area contributed by atoms with Gasteiger partial charge in [0.1, 0.15) is 0 Å². The number of rotatable bonds is 6. The van der Waals surface area contributed by atoms with E-state index in [1.54, 1.807) is 0 Å². The van der Waals surface area contributed by atoms with Gasteiger partial charge in [0, 0.05) is 23.4 Å². The molecule has 0 spiro atoms. The van der Waals surface area contributed by atoms with Gasteiger partial charge in [0.25, 0.3) is 21.6 Å². The number of aromatic nitrogens is 2. The second-order valence-electron chi connectivity index (χ2n) is 5.63. The number of sulfonamides is 1. The first-order valence-corrected chi connectivity index (χ1v) is 9.79. The van der Waals surface area contributed by atoms with Crippen molar-refractivity contribution in [1.82, 2.24) is 10.2 Å². The molecule has 1 aromatic heterocycles. The van der Waals surface area contributed by atoms with Crippen molar-refractivity contribution in [3.63, 3.8) is 0 Å². The Hall–Kier alpha value is -3.57. The molecule has 0 unspecified atom stereocenters. The highest BCUT2D eigenvalue weighted by Gasteiger charge is 2.16. The highest BCUT2D eigenvalue weighted by molar-refractivity contribution is 7.92. The molecular formula is C17H12ClN5O5S. The molecule has 0 bridgehead atoms. The standard InChI is InChI=1S/C17H12ClN5O5S/c18-15-8-9-16(21-20-15)22-29(27,28)14-6-4-12(5-7-14)19-17(24)11-2-1-3-13(10-11)23(25)26/h1-10H,(H,19,24)(H,21,22). The minimum atomic E-state index is -3.92. The zero-order valence-corrected chi connectivity index (χ0v) is 16.0. The Morgan fingerprint density at radius 2 is 1.76 bits per heavy atom. The van der Waals surface area contributed by atoms with Gasteiger partial charge >= 0.3 is 0 Å². The van der Waals surface area contributed by atoms with Crippen LogP contribution in [-0.4, -0.2) is 29.4 Å². The van der Waals surface area contributed by atoms with E-state index < -0.39 is 20.9 Å². The van der Waals surface area contributed by atoms with Crippen molar-refractivity contribution in [3.05, 3.63) is 81.5 Å². The summed E-state index contributed by atoms with van der Waals surface area (Å²) in [5.74, 6) is -0.573. The maximum atomic E-state index is 12.4. The van der Waals surface area contributed by atoms with Crippen LogP contribution in [0.25, 0.3) is 0 Å². The molecule has 2 aromatic carbocycles. The number of nitro groups is 1. The summed E-state index contributed by atoms with van der Waals surface area (Å²) in [6.45, 7) is 0. The first kappa shape index (κ1) is 20.2. The SMILES string of the molecule is O=C(Nc1ccc(S(=O)(=O)Nc2ccc(Cl)nn2)cc1)c1cccc([N+](=O)[O-])c1. The summed E-state index contributed by atoms with van der Waals surface area (Å²) in [5, 5.41) is 20.6. The zero-order chi connectivity index (χ0) is 21.0. The quantitative estimate of drug-likeness (QED) is 0.448. The summed E-state index contributed by atoms with van der Waals surface area (Å²) in [7, 11) is -3.92. The fraction of sp³-hybridized carbons (Fsp3) is 0. The van der Waals surface area contributed by atoms with Crippen LogP contribution in [0.15, 0.2) is 65.6 Å². The summed E-state index contributed by atoms with van der Waals surface area (Å²) in [5.41, 5.74) is 0.195. The number of hydrogen-bond donors (Lipinski definition) is 2. The fourth-order valence-corrected chi connectivity index (χ4v) is 3.35. The van der Waals surface area contributed by atoms with E-state index in [1.807, 2.05) is 0 Å². The minimum Gasteiger partial charge on any atom is -0.322 e. The third-order valence-electron chi connectivity index (χ3n) is 3.61. The van der Waals surface area contributed by atoms with Gasteiger partial charge in [0.15, 0.2) is 11.0 Å². The molecule has 2 N–H and O–H groups in total. The number of benzene rings is 2. The van der Waals surface area contributed by atoms with Crippen LogP contribution < -0.4 is 10.0 Å². The summed E-state index contributed by atoms with van der Waals surface area (Å²) in [4.78, 5) is 22.4. The fourth-order valence-electron chi connectivity index (χ4n) is 2.25. The molecule has 12 heteroatoms. The second kappa shape index (κ2) is 8.20. The number of anilines is 2. The van der Waals surface area contributed by atoms with Crippen LogP contribution in [0.2, 0.25) is 5.15 Å². The molecule has 0 radical (unpaired) electrons. The van der Waals surface area contributed by atoms with Crippen LogP contribution >= 0.6 is 11.6 Å². The van der Waals surface area contributed by atoms with Crippen molar-refractivity contribution in [2.75, 3.05) is 10.0 Å². The lowest BCUT2D eigenvalue weighted by Gasteiger charge is -2.09. The zero-order valence-electron chi connectivity index (χ0n) is 14.4. The van der Waals surface area contributed by atoms with Crippen molar-refractivity contribution in [3.8, 4) is 0 Å². The van der Waals surface area contributed by atoms with Crippen molar-refractivity contribution < 1.29 is 18.1 Å². The number of nitrogens with one attached hydrogen (secondary N) is 2. The van der Waals surface area contributed by atoms with Crippen molar-refractivity contribution in [2.24, 2.45) is 0 Å². The molecule has 3 rings (SSSR count). The number of hydrogen-bond acceptors (Lipinski definition) is 7. The first-order chi connectivity index (χ1) is 13.7. The number of nitro benzene ring substituents is 1. The Kier molecular flexibility index (Phi) is 5.71. The molecule has 0 saturated heterocycles. The Balaban J connectivity index is 1.72. The topological polar surface area (TPSA) is 144 Å². The lowest BCUT2D eigenvalue weighted by Crippen LogP contribution is -2.15. The molecular weight excluding hydrogens is 422 g/mol. The highest BCUT2D eigenvalue weighted by Crippen LogP contribution is 2.19. The average molecular weight is 434 g/mol. The molecule has 29 heavy (non-hydrogen) atoms. The molecule has 0 aliphatic carbocycles. The van der Waals surface area contributed by atoms with E-state index in [1.165, 1.54) is 54.6 Å². The Morgan fingerprint density at radius 3 is 2.38 bits per heavy atom. The molecule has 0 aliphatic heterocycles. The van der Waals surface area contributed by atoms with Crippen molar-refractivity contribution >= 4 is 44.7 Å². The van der Waals surface area contributed by atoms with E-state index >= 15 is 0 Å². The number of non-ortho nitro benzene ring substituents is 1. The summed E-state index contributed by atoms with van der Waals surface area (Å²) >= 11 is 5.61. The summed E-state index contributed by atoms with van der Waals surface area (Å²) in [6, 6.07) is 13.3. The number of nitrogens with zero attached hydrogens (tertiary/aromatic N) is 3. The van der Waals surface area contributed by atoms with E-state index in [0.717, 1.165) is 6.07 Å². The predicted octanol–water partition coefficient (Wildman–Crippen LogP) is 3.09. The van der Waals surface area contributed by atoms with Gasteiger partial charge in [0.05, 0.1) is 9.82 Å². The largest absolute Gasteiger partial charge is 0.322 e. The van der Waals surface area contributed by atoms with E-state index in [-0.39, 0.29) is 27.1 Å². The van der Waals surface area contributed by atoms with Crippen LogP contribution in [0.3, 0.4) is 0 Å².